The Morgan fingerprint density at radius 3 is 1.81 bits per heavy atom. The number of Topliss-reactive ketones (excluding diaryl/α,β-unsaturated/α-hetero) is 1. The molecule has 0 saturated heterocycles. The molecule has 2 aliphatic rings. The van der Waals surface area contributed by atoms with Crippen molar-refractivity contribution < 1.29 is 34.9 Å². The summed E-state index contributed by atoms with van der Waals surface area (Å²) in [4.78, 5) is 14.6. The predicted octanol–water partition coefficient (Wildman–Crippen LogP) is -1.01. The van der Waals surface area contributed by atoms with Gasteiger partial charge in [-0.3, -0.25) is 4.79 Å². The van der Waals surface area contributed by atoms with Crippen LogP contribution in [-0.4, -0.2) is 89.1 Å². The van der Waals surface area contributed by atoms with E-state index in [2.05, 4.69) is 0 Å². The molecule has 0 aliphatic heterocycles. The standard InChI is InChI=1S/C24H28N2O6/c27-13-9-25(10-14-28)19-5-1-17(2-6-19)21-23(31)22(24(21)32)18-3-7-20(8-4-18)26(11-15-29)12-16-30/h1-8,27-30H,9-16H2. The van der Waals surface area contributed by atoms with E-state index in [1.54, 1.807) is 48.6 Å². The van der Waals surface area contributed by atoms with Crippen molar-refractivity contribution in [3.63, 3.8) is 0 Å². The Kier molecular flexibility index (Phi) is 8.13. The lowest BCUT2D eigenvalue weighted by atomic mass is 9.80. The van der Waals surface area contributed by atoms with Crippen molar-refractivity contribution in [2.75, 3.05) is 57.5 Å². The SMILES string of the molecule is O=C1C(=C2C=CC(=[N+](CCO)CCO)C=C2)C([O-])=C1c1ccc(N(CCO)CCO)cc1. The molecule has 0 amide bonds. The van der Waals surface area contributed by atoms with Crippen molar-refractivity contribution in [2.45, 2.75) is 0 Å². The number of carbonyl (C=O) groups excluding carboxylic acids is 1. The Morgan fingerprint density at radius 1 is 0.781 bits per heavy atom. The molecule has 0 atom stereocenters. The fraction of sp³-hybridized carbons (Fsp3) is 0.333. The lowest BCUT2D eigenvalue weighted by Crippen LogP contribution is -2.31. The normalized spacial score (nSPS) is 15.5. The first kappa shape index (κ1) is 23.6. The van der Waals surface area contributed by atoms with Gasteiger partial charge >= 0.3 is 0 Å². The van der Waals surface area contributed by atoms with E-state index in [4.69, 9.17) is 0 Å². The molecular weight excluding hydrogens is 412 g/mol. The topological polar surface area (TPSA) is 127 Å². The maximum Gasteiger partial charge on any atom is 0.200 e. The van der Waals surface area contributed by atoms with E-state index in [-0.39, 0.29) is 49.1 Å². The fourth-order valence-corrected chi connectivity index (χ4v) is 3.82. The average Bonchev–Trinajstić information content (AvgIpc) is 2.80. The van der Waals surface area contributed by atoms with Crippen LogP contribution in [0.15, 0.2) is 65.5 Å². The zero-order valence-corrected chi connectivity index (χ0v) is 17.8. The zero-order chi connectivity index (χ0) is 23.1. The molecule has 1 aromatic rings. The van der Waals surface area contributed by atoms with Crippen molar-refractivity contribution in [3.05, 3.63) is 71.0 Å². The monoisotopic (exact) mass is 440 g/mol. The minimum absolute atomic E-state index is 0.0506. The van der Waals surface area contributed by atoms with Crippen molar-refractivity contribution in [2.24, 2.45) is 0 Å². The molecule has 0 fully saturated rings. The minimum atomic E-state index is -0.305. The molecule has 0 heterocycles. The molecule has 0 unspecified atom stereocenters. The highest BCUT2D eigenvalue weighted by Gasteiger charge is 2.30. The molecule has 8 nitrogen and oxygen atoms in total. The molecule has 0 spiro atoms. The number of anilines is 1. The third kappa shape index (κ3) is 4.89. The number of aliphatic hydroxyl groups is 4. The Hall–Kier alpha value is -3.04. The molecule has 32 heavy (non-hydrogen) atoms. The fourth-order valence-electron chi connectivity index (χ4n) is 3.82. The summed E-state index contributed by atoms with van der Waals surface area (Å²) < 4.78 is 1.81. The first-order valence-electron chi connectivity index (χ1n) is 10.5. The number of benzene rings is 1. The van der Waals surface area contributed by atoms with Crippen LogP contribution in [0.2, 0.25) is 0 Å². The van der Waals surface area contributed by atoms with E-state index >= 15 is 0 Å². The van der Waals surface area contributed by atoms with Crippen LogP contribution in [0.4, 0.5) is 5.69 Å². The van der Waals surface area contributed by atoms with Gasteiger partial charge in [-0.05, 0) is 35.4 Å². The van der Waals surface area contributed by atoms with Crippen molar-refractivity contribution in [1.82, 2.24) is 0 Å². The van der Waals surface area contributed by atoms with Crippen LogP contribution in [0.3, 0.4) is 0 Å². The summed E-state index contributed by atoms with van der Waals surface area (Å²) in [5.41, 5.74) is 2.93. The van der Waals surface area contributed by atoms with Crippen molar-refractivity contribution >= 4 is 22.8 Å². The van der Waals surface area contributed by atoms with Crippen LogP contribution in [0.5, 0.6) is 0 Å². The van der Waals surface area contributed by atoms with Gasteiger partial charge in [0.25, 0.3) is 0 Å². The van der Waals surface area contributed by atoms with Crippen LogP contribution in [0.25, 0.3) is 5.57 Å². The molecule has 1 aromatic carbocycles. The molecule has 0 aromatic heterocycles. The summed E-state index contributed by atoms with van der Waals surface area (Å²) in [6, 6.07) is 6.92. The Labute approximate surface area is 186 Å². The van der Waals surface area contributed by atoms with Gasteiger partial charge in [-0.25, -0.2) is 4.58 Å². The van der Waals surface area contributed by atoms with Gasteiger partial charge in [-0.15, -0.1) is 0 Å². The third-order valence-electron chi connectivity index (χ3n) is 5.43. The van der Waals surface area contributed by atoms with Gasteiger partial charge in [0.1, 0.15) is 13.2 Å². The Balaban J connectivity index is 1.84. The van der Waals surface area contributed by atoms with Gasteiger partial charge in [0.05, 0.1) is 13.2 Å². The molecule has 170 valence electrons. The second-order valence-corrected chi connectivity index (χ2v) is 7.37. The highest BCUT2D eigenvalue weighted by molar-refractivity contribution is 6.39. The lowest BCUT2D eigenvalue weighted by Gasteiger charge is -2.32. The summed E-state index contributed by atoms with van der Waals surface area (Å²) in [7, 11) is 0. The molecule has 8 heteroatoms. The lowest BCUT2D eigenvalue weighted by molar-refractivity contribution is -0.530. The largest absolute Gasteiger partial charge is 0.871 e. The highest BCUT2D eigenvalue weighted by atomic mass is 16.3. The molecule has 2 aliphatic carbocycles. The summed E-state index contributed by atoms with van der Waals surface area (Å²) >= 11 is 0. The minimum Gasteiger partial charge on any atom is -0.871 e. The van der Waals surface area contributed by atoms with Crippen LogP contribution in [-0.2, 0) is 4.79 Å². The number of aliphatic hydroxyl groups excluding tert-OH is 4. The number of hydrogen-bond donors (Lipinski definition) is 4. The van der Waals surface area contributed by atoms with Crippen LogP contribution in [0.1, 0.15) is 5.56 Å². The van der Waals surface area contributed by atoms with Gasteiger partial charge < -0.3 is 30.4 Å². The Morgan fingerprint density at radius 2 is 1.34 bits per heavy atom. The van der Waals surface area contributed by atoms with E-state index < -0.39 is 0 Å². The van der Waals surface area contributed by atoms with Crippen LogP contribution < -0.4 is 10.0 Å². The van der Waals surface area contributed by atoms with E-state index in [1.165, 1.54) is 0 Å². The van der Waals surface area contributed by atoms with Crippen LogP contribution in [0, 0.1) is 0 Å². The van der Waals surface area contributed by atoms with Crippen molar-refractivity contribution in [3.8, 4) is 0 Å². The number of nitrogens with zero attached hydrogens (tertiary/aromatic N) is 2. The number of rotatable bonds is 10. The van der Waals surface area contributed by atoms with Crippen molar-refractivity contribution in [1.29, 1.82) is 0 Å². The summed E-state index contributed by atoms with van der Waals surface area (Å²) in [6.07, 6.45) is 6.92. The molecule has 0 bridgehead atoms. The summed E-state index contributed by atoms with van der Waals surface area (Å²) in [5.74, 6) is -0.610. The number of hydrogen-bond acceptors (Lipinski definition) is 7. The van der Waals surface area contributed by atoms with Gasteiger partial charge in [0.15, 0.2) is 24.6 Å². The quantitative estimate of drug-likeness (QED) is 0.271. The smallest absolute Gasteiger partial charge is 0.200 e. The average molecular weight is 440 g/mol. The van der Waals surface area contributed by atoms with Gasteiger partial charge in [0, 0.05) is 42.1 Å². The predicted molar refractivity (Wildman–Crippen MR) is 119 cm³/mol. The zero-order valence-electron chi connectivity index (χ0n) is 17.8. The molecule has 0 radical (unpaired) electrons. The highest BCUT2D eigenvalue weighted by Crippen LogP contribution is 2.37. The van der Waals surface area contributed by atoms with Gasteiger partial charge in [-0.2, -0.15) is 0 Å². The molecular formula is C24H28N2O6. The van der Waals surface area contributed by atoms with E-state index in [0.29, 0.717) is 37.3 Å². The van der Waals surface area contributed by atoms with Gasteiger partial charge in [-0.1, -0.05) is 17.9 Å². The summed E-state index contributed by atoms with van der Waals surface area (Å²) in [6.45, 7) is 1.28. The van der Waals surface area contributed by atoms with Crippen LogP contribution >= 0.6 is 0 Å². The second kappa shape index (κ2) is 11.0. The van der Waals surface area contributed by atoms with E-state index in [0.717, 1.165) is 11.4 Å². The maximum atomic E-state index is 12.8. The number of ketones is 1. The Bertz CT molecular complexity index is 970. The molecule has 0 saturated carbocycles. The first-order chi connectivity index (χ1) is 15.5. The molecule has 3 rings (SSSR count). The first-order valence-corrected chi connectivity index (χ1v) is 10.5. The summed E-state index contributed by atoms with van der Waals surface area (Å²) in [5, 5.41) is 49.5. The number of allylic oxidation sites excluding steroid dienone is 7. The van der Waals surface area contributed by atoms with E-state index in [1.807, 2.05) is 9.48 Å². The van der Waals surface area contributed by atoms with E-state index in [9.17, 15) is 30.3 Å². The molecule has 4 N–H and O–H groups in total. The van der Waals surface area contributed by atoms with Gasteiger partial charge in [0.2, 0.25) is 0 Å². The third-order valence-corrected chi connectivity index (χ3v) is 5.43. The number of carbonyl (C=O) groups is 1. The second-order valence-electron chi connectivity index (χ2n) is 7.37. The maximum absolute atomic E-state index is 12.8.